The number of Topliss-reactive ketones (excluding diaryl/α,β-unsaturated/α-hetero) is 1. The third-order valence-electron chi connectivity index (χ3n) is 3.49. The van der Waals surface area contributed by atoms with Gasteiger partial charge in [-0.05, 0) is 34.5 Å². The number of carbonyl (C=O) groups is 1. The van der Waals surface area contributed by atoms with E-state index in [9.17, 15) is 4.79 Å². The van der Waals surface area contributed by atoms with E-state index < -0.39 is 0 Å². The highest BCUT2D eigenvalue weighted by atomic mass is 79.9. The van der Waals surface area contributed by atoms with Crippen LogP contribution in [0.4, 0.5) is 0 Å². The lowest BCUT2D eigenvalue weighted by molar-refractivity contribution is -0.120. The molecule has 0 N–H and O–H groups in total. The summed E-state index contributed by atoms with van der Waals surface area (Å²) in [5.41, 5.74) is 0.936. The van der Waals surface area contributed by atoms with E-state index in [1.165, 1.54) is 5.57 Å². The van der Waals surface area contributed by atoms with Crippen molar-refractivity contribution in [1.29, 1.82) is 0 Å². The molecule has 0 spiro atoms. The smallest absolute Gasteiger partial charge is 0.141 e. The first-order valence-electron chi connectivity index (χ1n) is 5.43. The Hall–Kier alpha value is -0.830. The van der Waals surface area contributed by atoms with E-state index in [-0.39, 0.29) is 11.3 Å². The zero-order valence-electron chi connectivity index (χ0n) is 9.71. The van der Waals surface area contributed by atoms with Gasteiger partial charge in [0, 0.05) is 6.42 Å². The molecule has 0 aromatic heterocycles. The molecule has 0 radical (unpaired) electrons. The van der Waals surface area contributed by atoms with Gasteiger partial charge in [-0.2, -0.15) is 0 Å². The second-order valence-electron chi connectivity index (χ2n) is 4.32. The van der Waals surface area contributed by atoms with Crippen molar-refractivity contribution in [2.75, 3.05) is 7.11 Å². The molecule has 2 aliphatic carbocycles. The van der Waals surface area contributed by atoms with Gasteiger partial charge >= 0.3 is 0 Å². The molecule has 3 heteroatoms. The summed E-state index contributed by atoms with van der Waals surface area (Å²) < 4.78 is 6.38. The number of hydrogen-bond donors (Lipinski definition) is 0. The molecule has 2 aliphatic rings. The van der Waals surface area contributed by atoms with Crippen molar-refractivity contribution < 1.29 is 9.53 Å². The zero-order valence-corrected chi connectivity index (χ0v) is 11.3. The normalized spacial score (nSPS) is 31.8. The van der Waals surface area contributed by atoms with Gasteiger partial charge < -0.3 is 4.74 Å². The van der Waals surface area contributed by atoms with Gasteiger partial charge in [-0.15, -0.1) is 0 Å². The lowest BCUT2D eigenvalue weighted by Crippen LogP contribution is -2.11. The van der Waals surface area contributed by atoms with Crippen molar-refractivity contribution >= 4 is 21.7 Å². The van der Waals surface area contributed by atoms with E-state index in [2.05, 4.69) is 22.9 Å². The number of allylic oxidation sites excluding steroid dienone is 5. The number of ether oxygens (including phenoxy) is 1. The molecule has 1 fully saturated rings. The van der Waals surface area contributed by atoms with Crippen LogP contribution >= 0.6 is 15.9 Å². The summed E-state index contributed by atoms with van der Waals surface area (Å²) in [6.45, 7) is 3.98. The van der Waals surface area contributed by atoms with E-state index in [0.717, 1.165) is 10.2 Å². The Morgan fingerprint density at radius 2 is 2.31 bits per heavy atom. The average Bonchev–Trinajstić information content (AvgIpc) is 2.86. The molecule has 1 unspecified atom stereocenters. The predicted octanol–water partition coefficient (Wildman–Crippen LogP) is 3.35. The maximum absolute atomic E-state index is 11.9. The topological polar surface area (TPSA) is 26.3 Å². The summed E-state index contributed by atoms with van der Waals surface area (Å²) in [6.07, 6.45) is 6.53. The van der Waals surface area contributed by atoms with Crippen LogP contribution in [0.1, 0.15) is 20.3 Å². The Labute approximate surface area is 104 Å². The van der Waals surface area contributed by atoms with Crippen molar-refractivity contribution in [3.05, 3.63) is 34.0 Å². The second-order valence-corrected chi connectivity index (χ2v) is 5.17. The molecule has 2 atom stereocenters. The van der Waals surface area contributed by atoms with E-state index >= 15 is 0 Å². The van der Waals surface area contributed by atoms with Crippen LogP contribution in [0.3, 0.4) is 0 Å². The number of halogens is 1. The summed E-state index contributed by atoms with van der Waals surface area (Å²) in [7, 11) is 1.66. The standard InChI is InChI=1S/C13H15BrO2/c1-4-10(15)11-8-6-5-7-9(14)12(16-3)13(8,11)2/h5-7,11H,4H2,1-3H3/t11?,13-/m1/s1. The summed E-state index contributed by atoms with van der Waals surface area (Å²) in [5.74, 6) is 1.16. The van der Waals surface area contributed by atoms with Crippen LogP contribution in [0, 0.1) is 11.3 Å². The summed E-state index contributed by atoms with van der Waals surface area (Å²) >= 11 is 3.49. The Bertz CT molecular complexity index is 431. The predicted molar refractivity (Wildman–Crippen MR) is 67.1 cm³/mol. The summed E-state index contributed by atoms with van der Waals surface area (Å²) in [6, 6.07) is 0. The van der Waals surface area contributed by atoms with E-state index in [0.29, 0.717) is 12.2 Å². The largest absolute Gasteiger partial charge is 0.499 e. The minimum absolute atomic E-state index is 0.00458. The van der Waals surface area contributed by atoms with Crippen LogP contribution in [0.2, 0.25) is 0 Å². The highest BCUT2D eigenvalue weighted by Crippen LogP contribution is 2.65. The van der Waals surface area contributed by atoms with Crippen LogP contribution < -0.4 is 0 Å². The number of fused-ring (bicyclic) bond motifs is 1. The molecule has 0 aromatic carbocycles. The summed E-state index contributed by atoms with van der Waals surface area (Å²) in [5, 5.41) is 0. The molecule has 0 bridgehead atoms. The summed E-state index contributed by atoms with van der Waals surface area (Å²) in [4.78, 5) is 11.9. The van der Waals surface area contributed by atoms with Gasteiger partial charge in [0.05, 0.1) is 22.9 Å². The van der Waals surface area contributed by atoms with Gasteiger partial charge in [0.1, 0.15) is 11.5 Å². The molecule has 1 saturated carbocycles. The molecule has 0 aliphatic heterocycles. The first-order chi connectivity index (χ1) is 7.57. The molecule has 0 heterocycles. The Morgan fingerprint density at radius 3 is 2.88 bits per heavy atom. The van der Waals surface area contributed by atoms with Crippen molar-refractivity contribution in [3.8, 4) is 0 Å². The minimum Gasteiger partial charge on any atom is -0.499 e. The maximum atomic E-state index is 11.9. The van der Waals surface area contributed by atoms with Gasteiger partial charge in [0.25, 0.3) is 0 Å². The molecule has 16 heavy (non-hydrogen) atoms. The number of hydrogen-bond acceptors (Lipinski definition) is 2. The van der Waals surface area contributed by atoms with Crippen LogP contribution in [0.5, 0.6) is 0 Å². The fourth-order valence-electron chi connectivity index (χ4n) is 2.57. The van der Waals surface area contributed by atoms with Gasteiger partial charge in [-0.25, -0.2) is 0 Å². The fraction of sp³-hybridized carbons (Fsp3) is 0.462. The van der Waals surface area contributed by atoms with Crippen LogP contribution in [-0.2, 0) is 9.53 Å². The van der Waals surface area contributed by atoms with Crippen molar-refractivity contribution in [2.45, 2.75) is 20.3 Å². The van der Waals surface area contributed by atoms with Crippen molar-refractivity contribution in [1.82, 2.24) is 0 Å². The van der Waals surface area contributed by atoms with Crippen LogP contribution in [-0.4, -0.2) is 12.9 Å². The first kappa shape index (κ1) is 11.6. The molecule has 86 valence electrons. The highest BCUT2D eigenvalue weighted by molar-refractivity contribution is 9.11. The number of ketones is 1. The third kappa shape index (κ3) is 1.41. The molecule has 2 nitrogen and oxygen atoms in total. The zero-order chi connectivity index (χ0) is 11.9. The van der Waals surface area contributed by atoms with Gasteiger partial charge in [-0.1, -0.05) is 19.1 Å². The van der Waals surface area contributed by atoms with Gasteiger partial charge in [0.2, 0.25) is 0 Å². The number of carbonyl (C=O) groups excluding carboxylic acids is 1. The van der Waals surface area contributed by atoms with Crippen LogP contribution in [0.15, 0.2) is 34.0 Å². The SMILES string of the molecule is CCC(=O)C1C2=CC=CC(Br)=C(OC)[C@]21C. The molecule has 0 amide bonds. The molecular formula is C13H15BrO2. The van der Waals surface area contributed by atoms with Gasteiger partial charge in [-0.3, -0.25) is 4.79 Å². The van der Waals surface area contributed by atoms with E-state index in [4.69, 9.17) is 4.74 Å². The Balaban J connectivity index is 2.45. The highest BCUT2D eigenvalue weighted by Gasteiger charge is 2.63. The molecule has 0 saturated heterocycles. The van der Waals surface area contributed by atoms with Crippen molar-refractivity contribution in [2.24, 2.45) is 11.3 Å². The monoisotopic (exact) mass is 282 g/mol. The Morgan fingerprint density at radius 1 is 1.62 bits per heavy atom. The van der Waals surface area contributed by atoms with Crippen molar-refractivity contribution in [3.63, 3.8) is 0 Å². The quantitative estimate of drug-likeness (QED) is 0.794. The lowest BCUT2D eigenvalue weighted by atomic mass is 10.00. The van der Waals surface area contributed by atoms with Crippen LogP contribution in [0.25, 0.3) is 0 Å². The fourth-order valence-corrected chi connectivity index (χ4v) is 3.29. The van der Waals surface area contributed by atoms with E-state index in [1.54, 1.807) is 7.11 Å². The average molecular weight is 283 g/mol. The molecular weight excluding hydrogens is 268 g/mol. The van der Waals surface area contributed by atoms with E-state index in [1.807, 2.05) is 25.2 Å². The second kappa shape index (κ2) is 3.88. The maximum Gasteiger partial charge on any atom is 0.141 e. The number of rotatable bonds is 3. The van der Waals surface area contributed by atoms with Gasteiger partial charge in [0.15, 0.2) is 0 Å². The minimum atomic E-state index is -0.232. The number of methoxy groups -OCH3 is 1. The molecule has 0 aromatic rings. The molecule has 2 rings (SSSR count). The Kier molecular flexibility index (Phi) is 2.82. The third-order valence-corrected chi connectivity index (χ3v) is 4.11. The lowest BCUT2D eigenvalue weighted by Gasteiger charge is -2.15. The first-order valence-corrected chi connectivity index (χ1v) is 6.22.